The first-order valence-electron chi connectivity index (χ1n) is 9.78. The van der Waals surface area contributed by atoms with Gasteiger partial charge in [0.05, 0.1) is 6.04 Å². The second-order valence-electron chi connectivity index (χ2n) is 7.46. The van der Waals surface area contributed by atoms with Gasteiger partial charge in [0, 0.05) is 44.8 Å². The smallest absolute Gasteiger partial charge is 0.220 e. The van der Waals surface area contributed by atoms with E-state index < -0.39 is 0 Å². The van der Waals surface area contributed by atoms with E-state index in [1.54, 1.807) is 0 Å². The Bertz CT molecular complexity index is 767. The Hall–Kier alpha value is -2.40. The number of halogens is 1. The Balaban J connectivity index is 1.24. The van der Waals surface area contributed by atoms with Crippen molar-refractivity contribution in [3.63, 3.8) is 0 Å². The van der Waals surface area contributed by atoms with E-state index in [0.29, 0.717) is 6.42 Å². The summed E-state index contributed by atoms with van der Waals surface area (Å²) in [7, 11) is 0. The molecule has 1 unspecified atom stereocenters. The van der Waals surface area contributed by atoms with E-state index in [2.05, 4.69) is 39.4 Å². The number of carbonyl (C=O) groups is 1. The van der Waals surface area contributed by atoms with Crippen molar-refractivity contribution in [3.8, 4) is 0 Å². The molecule has 2 aliphatic rings. The average Bonchev–Trinajstić information content (AvgIpc) is 3.14. The van der Waals surface area contributed by atoms with E-state index in [0.717, 1.165) is 51.3 Å². The predicted molar refractivity (Wildman–Crippen MR) is 105 cm³/mol. The minimum absolute atomic E-state index is 0.156. The number of carbonyl (C=O) groups excluding carboxylic acids is 1. The van der Waals surface area contributed by atoms with Crippen LogP contribution in [0.25, 0.3) is 0 Å². The number of amides is 1. The van der Waals surface area contributed by atoms with E-state index in [9.17, 15) is 9.18 Å². The van der Waals surface area contributed by atoms with Crippen LogP contribution < -0.4 is 10.2 Å². The molecule has 2 fully saturated rings. The number of nitrogens with one attached hydrogen (secondary N) is 1. The van der Waals surface area contributed by atoms with Crippen molar-refractivity contribution in [1.29, 1.82) is 0 Å². The predicted octanol–water partition coefficient (Wildman–Crippen LogP) is 3.14. The standard InChI is InChI=1S/C22H26FN3O/c23-19-5-7-20(8-6-19)26-15-13-25(14-16-26)12-11-17-1-3-18(4-2-17)21-9-10-22(27)24-21/h1-8,21H,9-16H2,(H,24,27). The zero-order valence-corrected chi connectivity index (χ0v) is 15.5. The van der Waals surface area contributed by atoms with E-state index in [1.165, 1.54) is 23.3 Å². The molecule has 2 saturated heterocycles. The molecule has 2 aromatic carbocycles. The maximum atomic E-state index is 13.1. The summed E-state index contributed by atoms with van der Waals surface area (Å²) in [5.74, 6) is -0.0254. The summed E-state index contributed by atoms with van der Waals surface area (Å²) in [5.41, 5.74) is 3.65. The largest absolute Gasteiger partial charge is 0.369 e. The topological polar surface area (TPSA) is 35.6 Å². The van der Waals surface area contributed by atoms with E-state index >= 15 is 0 Å². The van der Waals surface area contributed by atoms with Crippen LogP contribution >= 0.6 is 0 Å². The Kier molecular flexibility index (Phi) is 5.39. The molecule has 1 atom stereocenters. The highest BCUT2D eigenvalue weighted by Crippen LogP contribution is 2.24. The lowest BCUT2D eigenvalue weighted by Crippen LogP contribution is -2.47. The van der Waals surface area contributed by atoms with Crippen LogP contribution in [0.1, 0.15) is 30.0 Å². The maximum Gasteiger partial charge on any atom is 0.220 e. The zero-order valence-electron chi connectivity index (χ0n) is 15.5. The number of anilines is 1. The molecule has 142 valence electrons. The van der Waals surface area contributed by atoms with Gasteiger partial charge in [0.15, 0.2) is 0 Å². The maximum absolute atomic E-state index is 13.1. The van der Waals surface area contributed by atoms with Gasteiger partial charge in [-0.05, 0) is 48.2 Å². The summed E-state index contributed by atoms with van der Waals surface area (Å²) in [6.45, 7) is 5.07. The van der Waals surface area contributed by atoms with Crippen LogP contribution in [0.2, 0.25) is 0 Å². The Morgan fingerprint density at radius 2 is 1.67 bits per heavy atom. The summed E-state index contributed by atoms with van der Waals surface area (Å²) in [6, 6.07) is 15.6. The highest BCUT2D eigenvalue weighted by atomic mass is 19.1. The SMILES string of the molecule is O=C1CCC(c2ccc(CCN3CCN(c4ccc(F)cc4)CC3)cc2)N1. The van der Waals surface area contributed by atoms with Gasteiger partial charge in [0.25, 0.3) is 0 Å². The third-order valence-electron chi connectivity index (χ3n) is 5.66. The second-order valence-corrected chi connectivity index (χ2v) is 7.46. The van der Waals surface area contributed by atoms with Gasteiger partial charge in [-0.2, -0.15) is 0 Å². The quantitative estimate of drug-likeness (QED) is 0.882. The zero-order chi connectivity index (χ0) is 18.6. The van der Waals surface area contributed by atoms with Crippen molar-refractivity contribution in [1.82, 2.24) is 10.2 Å². The first-order valence-corrected chi connectivity index (χ1v) is 9.78. The van der Waals surface area contributed by atoms with Crippen LogP contribution in [0.4, 0.5) is 10.1 Å². The lowest BCUT2D eigenvalue weighted by molar-refractivity contribution is -0.119. The van der Waals surface area contributed by atoms with Gasteiger partial charge in [-0.1, -0.05) is 24.3 Å². The fourth-order valence-electron chi connectivity index (χ4n) is 3.95. The van der Waals surface area contributed by atoms with Crippen molar-refractivity contribution < 1.29 is 9.18 Å². The molecule has 0 aromatic heterocycles. The van der Waals surface area contributed by atoms with Crippen LogP contribution in [0.3, 0.4) is 0 Å². The molecule has 4 rings (SSSR count). The first-order chi connectivity index (χ1) is 13.2. The molecule has 0 aliphatic carbocycles. The monoisotopic (exact) mass is 367 g/mol. The molecule has 4 nitrogen and oxygen atoms in total. The first kappa shape index (κ1) is 18.0. The summed E-state index contributed by atoms with van der Waals surface area (Å²) in [5, 5.41) is 3.02. The van der Waals surface area contributed by atoms with Crippen molar-refractivity contribution in [2.45, 2.75) is 25.3 Å². The molecule has 1 N–H and O–H groups in total. The summed E-state index contributed by atoms with van der Waals surface area (Å²) >= 11 is 0. The molecule has 2 aromatic rings. The number of hydrogen-bond acceptors (Lipinski definition) is 3. The Labute approximate surface area is 160 Å². The van der Waals surface area contributed by atoms with Crippen LogP contribution in [-0.2, 0) is 11.2 Å². The molecule has 0 bridgehead atoms. The van der Waals surface area contributed by atoms with Gasteiger partial charge in [-0.25, -0.2) is 4.39 Å². The fourth-order valence-corrected chi connectivity index (χ4v) is 3.95. The number of rotatable bonds is 5. The second kappa shape index (κ2) is 8.09. The van der Waals surface area contributed by atoms with Crippen molar-refractivity contribution in [2.75, 3.05) is 37.6 Å². The van der Waals surface area contributed by atoms with Gasteiger partial charge in [-0.15, -0.1) is 0 Å². The van der Waals surface area contributed by atoms with Gasteiger partial charge in [-0.3, -0.25) is 9.69 Å². The average molecular weight is 367 g/mol. The molecule has 27 heavy (non-hydrogen) atoms. The molecule has 0 radical (unpaired) electrons. The third-order valence-corrected chi connectivity index (χ3v) is 5.66. The van der Waals surface area contributed by atoms with Crippen LogP contribution in [0, 0.1) is 5.82 Å². The van der Waals surface area contributed by atoms with Crippen molar-refractivity contribution in [3.05, 3.63) is 65.5 Å². The number of piperazine rings is 1. The lowest BCUT2D eigenvalue weighted by atomic mass is 10.0. The number of nitrogens with zero attached hydrogens (tertiary/aromatic N) is 2. The molecule has 5 heteroatoms. The molecule has 0 saturated carbocycles. The molecular formula is C22H26FN3O. The highest BCUT2D eigenvalue weighted by molar-refractivity contribution is 5.78. The van der Waals surface area contributed by atoms with Crippen molar-refractivity contribution >= 4 is 11.6 Å². The van der Waals surface area contributed by atoms with Gasteiger partial charge < -0.3 is 10.2 Å². The molecule has 0 spiro atoms. The molecular weight excluding hydrogens is 341 g/mol. The van der Waals surface area contributed by atoms with E-state index in [-0.39, 0.29) is 17.8 Å². The molecule has 2 heterocycles. The van der Waals surface area contributed by atoms with Crippen LogP contribution in [0.15, 0.2) is 48.5 Å². The molecule has 2 aliphatic heterocycles. The summed E-state index contributed by atoms with van der Waals surface area (Å²) in [4.78, 5) is 16.2. The summed E-state index contributed by atoms with van der Waals surface area (Å²) in [6.07, 6.45) is 2.57. The number of hydrogen-bond donors (Lipinski definition) is 1. The van der Waals surface area contributed by atoms with E-state index in [1.807, 2.05) is 12.1 Å². The Morgan fingerprint density at radius 3 is 2.30 bits per heavy atom. The summed E-state index contributed by atoms with van der Waals surface area (Å²) < 4.78 is 13.1. The Morgan fingerprint density at radius 1 is 0.963 bits per heavy atom. The minimum atomic E-state index is -0.182. The molecule has 1 amide bonds. The van der Waals surface area contributed by atoms with Gasteiger partial charge >= 0.3 is 0 Å². The van der Waals surface area contributed by atoms with E-state index in [4.69, 9.17) is 0 Å². The normalized spacial score (nSPS) is 20.7. The van der Waals surface area contributed by atoms with Gasteiger partial charge in [0.2, 0.25) is 5.91 Å². The minimum Gasteiger partial charge on any atom is -0.369 e. The lowest BCUT2D eigenvalue weighted by Gasteiger charge is -2.36. The third kappa shape index (κ3) is 4.48. The van der Waals surface area contributed by atoms with Crippen LogP contribution in [0.5, 0.6) is 0 Å². The van der Waals surface area contributed by atoms with Crippen molar-refractivity contribution in [2.24, 2.45) is 0 Å². The fraction of sp³-hybridized carbons (Fsp3) is 0.409. The number of benzene rings is 2. The van der Waals surface area contributed by atoms with Crippen LogP contribution in [-0.4, -0.2) is 43.5 Å². The van der Waals surface area contributed by atoms with Gasteiger partial charge in [0.1, 0.15) is 5.82 Å². The highest BCUT2D eigenvalue weighted by Gasteiger charge is 2.22.